The van der Waals surface area contributed by atoms with Crippen LogP contribution in [0.2, 0.25) is 0 Å². The highest BCUT2D eigenvalue weighted by molar-refractivity contribution is 8.15. The molecule has 1 saturated heterocycles. The van der Waals surface area contributed by atoms with Crippen LogP contribution in [0.25, 0.3) is 0 Å². The van der Waals surface area contributed by atoms with Gasteiger partial charge < -0.3 is 19.1 Å². The maximum atomic E-state index is 14.1. The topological polar surface area (TPSA) is 76.0 Å². The summed E-state index contributed by atoms with van der Waals surface area (Å²) in [6.45, 7) is 3.61. The highest BCUT2D eigenvalue weighted by Crippen LogP contribution is 2.48. The van der Waals surface area contributed by atoms with E-state index in [1.807, 2.05) is 6.92 Å². The summed E-state index contributed by atoms with van der Waals surface area (Å²) in [6, 6.07) is 5.20. The van der Waals surface area contributed by atoms with E-state index in [-0.39, 0.29) is 11.1 Å². The average molecular weight is 444 g/mol. The summed E-state index contributed by atoms with van der Waals surface area (Å²) < 4.78 is 57.6. The van der Waals surface area contributed by atoms with Gasteiger partial charge in [0.25, 0.3) is 0 Å². The summed E-state index contributed by atoms with van der Waals surface area (Å²) in [5.41, 5.74) is -2.74. The van der Waals surface area contributed by atoms with Gasteiger partial charge in [-0.25, -0.2) is 14.8 Å². The van der Waals surface area contributed by atoms with E-state index < -0.39 is 17.8 Å². The number of thioether (sulfide) groups is 1. The molecule has 0 unspecified atom stereocenters. The quantitative estimate of drug-likeness (QED) is 0.663. The van der Waals surface area contributed by atoms with Crippen molar-refractivity contribution < 1.29 is 32.2 Å². The predicted molar refractivity (Wildman–Crippen MR) is 104 cm³/mol. The number of esters is 1. The van der Waals surface area contributed by atoms with E-state index in [1.165, 1.54) is 4.90 Å². The Balaban J connectivity index is 1.87. The SMILES string of the molecule is CCOc1ccc2c(c1)SC1=N[C@@](C(=O)OC)(C(F)(F)F)N=C(N3CCOCC3)N12. The Bertz CT molecular complexity index is 917. The number of amidine groups is 1. The van der Waals surface area contributed by atoms with Crippen molar-refractivity contribution in [3.8, 4) is 5.75 Å². The molecule has 0 bridgehead atoms. The lowest BCUT2D eigenvalue weighted by molar-refractivity contribution is -0.201. The molecular formula is C18H19F3N4O4S. The van der Waals surface area contributed by atoms with Gasteiger partial charge in [-0.1, -0.05) is 0 Å². The van der Waals surface area contributed by atoms with Crippen molar-refractivity contribution in [2.24, 2.45) is 9.98 Å². The number of anilines is 1. The second-order valence-electron chi connectivity index (χ2n) is 6.57. The van der Waals surface area contributed by atoms with E-state index in [4.69, 9.17) is 9.47 Å². The maximum absolute atomic E-state index is 14.1. The average Bonchev–Trinajstić information content (AvgIpc) is 3.09. The van der Waals surface area contributed by atoms with Crippen LogP contribution < -0.4 is 9.64 Å². The van der Waals surface area contributed by atoms with Crippen LogP contribution in [0.15, 0.2) is 33.1 Å². The van der Waals surface area contributed by atoms with E-state index >= 15 is 0 Å². The number of hydrogen-bond donors (Lipinski definition) is 0. The van der Waals surface area contributed by atoms with Crippen molar-refractivity contribution in [1.29, 1.82) is 0 Å². The van der Waals surface area contributed by atoms with Crippen LogP contribution in [-0.2, 0) is 14.3 Å². The highest BCUT2D eigenvalue weighted by Gasteiger charge is 2.66. The molecule has 0 spiro atoms. The molecule has 162 valence electrons. The molecule has 3 aliphatic heterocycles. The fourth-order valence-corrected chi connectivity index (χ4v) is 4.42. The van der Waals surface area contributed by atoms with Crippen molar-refractivity contribution in [3.05, 3.63) is 18.2 Å². The fourth-order valence-electron chi connectivity index (χ4n) is 3.34. The molecule has 0 amide bonds. The first kappa shape index (κ1) is 20.8. The Kier molecular flexibility index (Phi) is 5.30. The molecular weight excluding hydrogens is 425 g/mol. The van der Waals surface area contributed by atoms with E-state index in [1.54, 1.807) is 23.1 Å². The molecule has 1 fully saturated rings. The number of benzene rings is 1. The number of guanidine groups is 1. The Morgan fingerprint density at radius 3 is 2.67 bits per heavy atom. The van der Waals surface area contributed by atoms with Crippen molar-refractivity contribution in [1.82, 2.24) is 4.90 Å². The van der Waals surface area contributed by atoms with Gasteiger partial charge in [0.2, 0.25) is 5.96 Å². The number of carbonyl (C=O) groups is 1. The molecule has 30 heavy (non-hydrogen) atoms. The summed E-state index contributed by atoms with van der Waals surface area (Å²) in [7, 11) is 0.886. The smallest absolute Gasteiger partial charge is 0.446 e. The zero-order valence-electron chi connectivity index (χ0n) is 16.2. The van der Waals surface area contributed by atoms with Gasteiger partial charge in [0.05, 0.1) is 32.6 Å². The standard InChI is InChI=1S/C18H19F3N4O4S/c1-3-29-11-4-5-12-13(10-11)30-16-23-17(14(26)27-2,18(19,20)21)22-15(25(12)16)24-6-8-28-9-7-24/h4-5,10H,3,6-9H2,1-2H3/t17-/m0/s1. The van der Waals surface area contributed by atoms with Crippen LogP contribution in [0, 0.1) is 0 Å². The molecule has 3 aliphatic rings. The molecule has 0 aromatic heterocycles. The summed E-state index contributed by atoms with van der Waals surface area (Å²) >= 11 is 1.02. The largest absolute Gasteiger partial charge is 0.494 e. The number of hydrogen-bond acceptors (Lipinski definition) is 9. The van der Waals surface area contributed by atoms with Crippen LogP contribution in [0.5, 0.6) is 5.75 Å². The number of alkyl halides is 3. The molecule has 0 radical (unpaired) electrons. The number of ether oxygens (including phenoxy) is 3. The molecule has 1 atom stereocenters. The summed E-state index contributed by atoms with van der Waals surface area (Å²) in [4.78, 5) is 23.8. The Labute approximate surface area is 174 Å². The number of morpholine rings is 1. The van der Waals surface area contributed by atoms with Crippen LogP contribution in [0.3, 0.4) is 0 Å². The summed E-state index contributed by atoms with van der Waals surface area (Å²) in [6.07, 6.45) is -5.08. The minimum absolute atomic E-state index is 0.00198. The molecule has 4 rings (SSSR count). The lowest BCUT2D eigenvalue weighted by Gasteiger charge is -2.39. The number of carbonyl (C=O) groups excluding carboxylic acids is 1. The Hall–Kier alpha value is -2.47. The normalized spacial score (nSPS) is 23.4. The van der Waals surface area contributed by atoms with E-state index in [0.29, 0.717) is 49.2 Å². The number of methoxy groups -OCH3 is 1. The molecule has 0 aliphatic carbocycles. The molecule has 1 aromatic carbocycles. The van der Waals surface area contributed by atoms with Gasteiger partial charge in [0, 0.05) is 18.0 Å². The molecule has 0 saturated carbocycles. The van der Waals surface area contributed by atoms with Gasteiger partial charge in [0.1, 0.15) is 5.75 Å². The van der Waals surface area contributed by atoms with E-state index in [2.05, 4.69) is 14.7 Å². The molecule has 1 aromatic rings. The van der Waals surface area contributed by atoms with Gasteiger partial charge in [-0.2, -0.15) is 13.2 Å². The van der Waals surface area contributed by atoms with Crippen molar-refractivity contribution in [2.75, 3.05) is 44.9 Å². The van der Waals surface area contributed by atoms with Crippen LogP contribution in [-0.4, -0.2) is 73.9 Å². The zero-order chi connectivity index (χ0) is 21.5. The fraction of sp³-hybridized carbons (Fsp3) is 0.500. The van der Waals surface area contributed by atoms with Gasteiger partial charge in [-0.15, -0.1) is 0 Å². The third kappa shape index (κ3) is 3.27. The maximum Gasteiger partial charge on any atom is 0.446 e. The Morgan fingerprint density at radius 1 is 1.30 bits per heavy atom. The van der Waals surface area contributed by atoms with Gasteiger partial charge >= 0.3 is 17.8 Å². The second kappa shape index (κ2) is 7.65. The highest BCUT2D eigenvalue weighted by atomic mass is 32.2. The lowest BCUT2D eigenvalue weighted by Crippen LogP contribution is -2.59. The molecule has 3 heterocycles. The first-order chi connectivity index (χ1) is 14.3. The Morgan fingerprint density at radius 2 is 2.03 bits per heavy atom. The van der Waals surface area contributed by atoms with Crippen molar-refractivity contribution in [3.63, 3.8) is 0 Å². The number of halogens is 3. The first-order valence-corrected chi connectivity index (χ1v) is 10.0. The van der Waals surface area contributed by atoms with Crippen molar-refractivity contribution in [2.45, 2.75) is 23.7 Å². The number of nitrogens with zero attached hydrogens (tertiary/aromatic N) is 4. The number of fused-ring (bicyclic) bond motifs is 3. The van der Waals surface area contributed by atoms with Gasteiger partial charge in [0.15, 0.2) is 5.17 Å². The van der Waals surface area contributed by atoms with Crippen LogP contribution in [0.1, 0.15) is 6.92 Å². The minimum atomic E-state index is -5.08. The summed E-state index contributed by atoms with van der Waals surface area (Å²) in [5.74, 6) is -1.01. The van der Waals surface area contributed by atoms with Crippen LogP contribution >= 0.6 is 11.8 Å². The minimum Gasteiger partial charge on any atom is -0.494 e. The third-order valence-electron chi connectivity index (χ3n) is 4.75. The van der Waals surface area contributed by atoms with E-state index in [9.17, 15) is 18.0 Å². The third-order valence-corrected chi connectivity index (χ3v) is 5.76. The zero-order valence-corrected chi connectivity index (χ0v) is 17.0. The lowest BCUT2D eigenvalue weighted by atomic mass is 10.1. The van der Waals surface area contributed by atoms with Crippen LogP contribution in [0.4, 0.5) is 18.9 Å². The van der Waals surface area contributed by atoms with Gasteiger partial charge in [-0.3, -0.25) is 4.90 Å². The predicted octanol–water partition coefficient (Wildman–Crippen LogP) is 2.49. The monoisotopic (exact) mass is 444 g/mol. The second-order valence-corrected chi connectivity index (χ2v) is 7.58. The number of aliphatic imine (C=N–C) groups is 2. The first-order valence-electron chi connectivity index (χ1n) is 9.23. The van der Waals surface area contributed by atoms with E-state index in [0.717, 1.165) is 18.9 Å². The van der Waals surface area contributed by atoms with Crippen molar-refractivity contribution >= 4 is 34.5 Å². The summed E-state index contributed by atoms with van der Waals surface area (Å²) in [5, 5.41) is -0.00198. The van der Waals surface area contributed by atoms with Gasteiger partial charge in [-0.05, 0) is 36.9 Å². The molecule has 12 heteroatoms. The molecule has 0 N–H and O–H groups in total. The number of rotatable bonds is 3. The molecule has 8 nitrogen and oxygen atoms in total.